The summed E-state index contributed by atoms with van der Waals surface area (Å²) in [6.07, 6.45) is 2.38. The number of anilines is 1. The van der Waals surface area contributed by atoms with E-state index in [4.69, 9.17) is 5.73 Å². The quantitative estimate of drug-likeness (QED) is 0.775. The van der Waals surface area contributed by atoms with Crippen molar-refractivity contribution in [3.8, 4) is 0 Å². The van der Waals surface area contributed by atoms with Crippen molar-refractivity contribution in [1.29, 1.82) is 0 Å². The predicted octanol–water partition coefficient (Wildman–Crippen LogP) is 1.25. The van der Waals surface area contributed by atoms with Crippen molar-refractivity contribution in [2.75, 3.05) is 18.4 Å². The van der Waals surface area contributed by atoms with Crippen LogP contribution in [0.1, 0.15) is 29.6 Å². The summed E-state index contributed by atoms with van der Waals surface area (Å²) in [5.41, 5.74) is 5.29. The van der Waals surface area contributed by atoms with E-state index in [9.17, 15) is 14.0 Å². The molecule has 1 heterocycles. The van der Waals surface area contributed by atoms with Gasteiger partial charge in [0.1, 0.15) is 5.82 Å². The maximum Gasteiger partial charge on any atom is 0.248 e. The first kappa shape index (κ1) is 14.5. The largest absolute Gasteiger partial charge is 0.366 e. The van der Waals surface area contributed by atoms with Gasteiger partial charge in [0.05, 0.1) is 5.69 Å². The summed E-state index contributed by atoms with van der Waals surface area (Å²) in [5.74, 6) is -1.22. The van der Waals surface area contributed by atoms with Crippen molar-refractivity contribution in [3.05, 3.63) is 29.6 Å². The molecule has 5 nitrogen and oxygen atoms in total. The van der Waals surface area contributed by atoms with E-state index in [0.717, 1.165) is 32.0 Å². The molecule has 2 amide bonds. The molecule has 1 aromatic rings. The molecule has 6 heteroatoms. The number of nitrogens with two attached hydrogens (primary N) is 1. The van der Waals surface area contributed by atoms with E-state index in [2.05, 4.69) is 10.6 Å². The van der Waals surface area contributed by atoms with Gasteiger partial charge in [-0.2, -0.15) is 0 Å². The summed E-state index contributed by atoms with van der Waals surface area (Å²) in [4.78, 5) is 22.9. The zero-order valence-electron chi connectivity index (χ0n) is 11.1. The Labute approximate surface area is 116 Å². The molecule has 108 valence electrons. The number of nitrogens with one attached hydrogen (secondary N) is 2. The lowest BCUT2D eigenvalue weighted by Gasteiger charge is -2.22. The molecule has 1 unspecified atom stereocenters. The van der Waals surface area contributed by atoms with Crippen LogP contribution in [0.5, 0.6) is 0 Å². The highest BCUT2D eigenvalue weighted by atomic mass is 19.1. The summed E-state index contributed by atoms with van der Waals surface area (Å²) >= 11 is 0. The molecule has 1 atom stereocenters. The number of rotatable bonds is 4. The van der Waals surface area contributed by atoms with E-state index in [1.165, 1.54) is 12.1 Å². The summed E-state index contributed by atoms with van der Waals surface area (Å²) in [6, 6.07) is 3.67. The molecule has 0 radical (unpaired) electrons. The summed E-state index contributed by atoms with van der Waals surface area (Å²) in [5, 5.41) is 5.73. The third-order valence-corrected chi connectivity index (χ3v) is 3.40. The number of halogens is 1. The molecular weight excluding hydrogens is 261 g/mol. The van der Waals surface area contributed by atoms with E-state index in [-0.39, 0.29) is 23.1 Å². The van der Waals surface area contributed by atoms with Gasteiger partial charge in [-0.15, -0.1) is 0 Å². The lowest BCUT2D eigenvalue weighted by molar-refractivity contribution is -0.117. The van der Waals surface area contributed by atoms with Gasteiger partial charge in [-0.25, -0.2) is 4.39 Å². The van der Waals surface area contributed by atoms with Gasteiger partial charge in [-0.1, -0.05) is 0 Å². The Balaban J connectivity index is 1.99. The average molecular weight is 279 g/mol. The van der Waals surface area contributed by atoms with Crippen LogP contribution in [0.25, 0.3) is 0 Å². The number of carbonyl (C=O) groups excluding carboxylic acids is 2. The fourth-order valence-electron chi connectivity index (χ4n) is 2.34. The highest BCUT2D eigenvalue weighted by Crippen LogP contribution is 2.19. The minimum atomic E-state index is -0.656. The number of hydrogen-bond acceptors (Lipinski definition) is 3. The molecule has 1 aromatic carbocycles. The van der Waals surface area contributed by atoms with Gasteiger partial charge in [-0.3, -0.25) is 9.59 Å². The number of primary amides is 1. The average Bonchev–Trinajstić information content (AvgIpc) is 2.42. The van der Waals surface area contributed by atoms with Gasteiger partial charge in [0.2, 0.25) is 11.8 Å². The van der Waals surface area contributed by atoms with Crippen molar-refractivity contribution < 1.29 is 14.0 Å². The fraction of sp³-hybridized carbons (Fsp3) is 0.429. The van der Waals surface area contributed by atoms with Crippen molar-refractivity contribution in [3.63, 3.8) is 0 Å². The molecule has 0 spiro atoms. The summed E-state index contributed by atoms with van der Waals surface area (Å²) < 4.78 is 13.6. The highest BCUT2D eigenvalue weighted by Gasteiger charge is 2.18. The summed E-state index contributed by atoms with van der Waals surface area (Å²) in [7, 11) is 0. The highest BCUT2D eigenvalue weighted by molar-refractivity contribution is 5.96. The van der Waals surface area contributed by atoms with E-state index >= 15 is 0 Å². The lowest BCUT2D eigenvalue weighted by Crippen LogP contribution is -2.32. The van der Waals surface area contributed by atoms with Crippen LogP contribution >= 0.6 is 0 Å². The molecule has 2 rings (SSSR count). The van der Waals surface area contributed by atoms with Crippen molar-refractivity contribution >= 4 is 17.5 Å². The Morgan fingerprint density at radius 2 is 2.25 bits per heavy atom. The van der Waals surface area contributed by atoms with E-state index < -0.39 is 11.7 Å². The topological polar surface area (TPSA) is 84.2 Å². The molecule has 1 aliphatic rings. The third kappa shape index (κ3) is 3.77. The van der Waals surface area contributed by atoms with Gasteiger partial charge < -0.3 is 16.4 Å². The zero-order chi connectivity index (χ0) is 14.5. The first-order valence-electron chi connectivity index (χ1n) is 6.66. The molecule has 1 fully saturated rings. The van der Waals surface area contributed by atoms with Crippen molar-refractivity contribution in [2.24, 2.45) is 11.7 Å². The first-order chi connectivity index (χ1) is 9.56. The van der Waals surface area contributed by atoms with Crippen molar-refractivity contribution in [1.82, 2.24) is 5.32 Å². The first-order valence-corrected chi connectivity index (χ1v) is 6.66. The Hall–Kier alpha value is -1.95. The van der Waals surface area contributed by atoms with Crippen LogP contribution in [0.4, 0.5) is 10.1 Å². The fourth-order valence-corrected chi connectivity index (χ4v) is 2.34. The minimum absolute atomic E-state index is 0.00457. The number of piperidine rings is 1. The van der Waals surface area contributed by atoms with Gasteiger partial charge >= 0.3 is 0 Å². The molecule has 20 heavy (non-hydrogen) atoms. The second-order valence-corrected chi connectivity index (χ2v) is 5.02. The molecule has 0 aliphatic carbocycles. The Morgan fingerprint density at radius 1 is 1.45 bits per heavy atom. The normalized spacial score (nSPS) is 18.6. The number of carbonyl (C=O) groups is 2. The zero-order valence-corrected chi connectivity index (χ0v) is 11.1. The number of hydrogen-bond donors (Lipinski definition) is 3. The summed E-state index contributed by atoms with van der Waals surface area (Å²) in [6.45, 7) is 1.78. The molecule has 1 aliphatic heterocycles. The Bertz CT molecular complexity index is 513. The Morgan fingerprint density at radius 3 is 2.90 bits per heavy atom. The van der Waals surface area contributed by atoms with E-state index in [1.807, 2.05) is 0 Å². The standard InChI is InChI=1S/C14H18FN3O2/c15-11-4-3-10(14(16)20)7-12(11)18-13(19)6-9-2-1-5-17-8-9/h3-4,7,9,17H,1-2,5-6,8H2,(H2,16,20)(H,18,19). The van der Waals surface area contributed by atoms with E-state index in [0.29, 0.717) is 6.42 Å². The monoisotopic (exact) mass is 279 g/mol. The van der Waals surface area contributed by atoms with Crippen LogP contribution in [0.15, 0.2) is 18.2 Å². The molecular formula is C14H18FN3O2. The molecule has 1 saturated heterocycles. The maximum absolute atomic E-state index is 13.6. The van der Waals surface area contributed by atoms with Crippen LogP contribution in [0, 0.1) is 11.7 Å². The second-order valence-electron chi connectivity index (χ2n) is 5.02. The molecule has 0 saturated carbocycles. The second kappa shape index (κ2) is 6.47. The van der Waals surface area contributed by atoms with Crippen LogP contribution in [-0.4, -0.2) is 24.9 Å². The predicted molar refractivity (Wildman–Crippen MR) is 73.8 cm³/mol. The van der Waals surface area contributed by atoms with Crippen LogP contribution in [-0.2, 0) is 4.79 Å². The SMILES string of the molecule is NC(=O)c1ccc(F)c(NC(=O)CC2CCCNC2)c1. The van der Waals surface area contributed by atoms with Crippen molar-refractivity contribution in [2.45, 2.75) is 19.3 Å². The molecule has 0 bridgehead atoms. The van der Waals surface area contributed by atoms with Gasteiger partial charge in [-0.05, 0) is 50.0 Å². The lowest BCUT2D eigenvalue weighted by atomic mass is 9.96. The van der Waals surface area contributed by atoms with Crippen LogP contribution < -0.4 is 16.4 Å². The number of amides is 2. The van der Waals surface area contributed by atoms with E-state index in [1.54, 1.807) is 0 Å². The van der Waals surface area contributed by atoms with Gasteiger partial charge in [0.15, 0.2) is 0 Å². The molecule has 0 aromatic heterocycles. The van der Waals surface area contributed by atoms with Gasteiger partial charge in [0.25, 0.3) is 0 Å². The van der Waals surface area contributed by atoms with Gasteiger partial charge in [0, 0.05) is 12.0 Å². The smallest absolute Gasteiger partial charge is 0.248 e. The third-order valence-electron chi connectivity index (χ3n) is 3.40. The maximum atomic E-state index is 13.6. The van der Waals surface area contributed by atoms with Crippen LogP contribution in [0.2, 0.25) is 0 Å². The van der Waals surface area contributed by atoms with Crippen LogP contribution in [0.3, 0.4) is 0 Å². The Kier molecular flexibility index (Phi) is 4.68. The minimum Gasteiger partial charge on any atom is -0.366 e. The molecule has 4 N–H and O–H groups in total. The number of benzene rings is 1.